The van der Waals surface area contributed by atoms with Crippen molar-refractivity contribution in [3.05, 3.63) is 29.3 Å². The molecule has 0 aliphatic heterocycles. The van der Waals surface area contributed by atoms with Crippen LogP contribution in [-0.2, 0) is 12.8 Å². The Kier molecular flexibility index (Phi) is 2.51. The van der Waals surface area contributed by atoms with E-state index >= 15 is 0 Å². The quantitative estimate of drug-likeness (QED) is 0.546. The number of hydrogen-bond donors (Lipinski definition) is 1. The van der Waals surface area contributed by atoms with E-state index in [1.807, 2.05) is 0 Å². The Morgan fingerprint density at radius 2 is 1.92 bits per heavy atom. The Balaban J connectivity index is 3.16. The van der Waals surface area contributed by atoms with Crippen molar-refractivity contribution in [2.75, 3.05) is 0 Å². The molecule has 0 fully saturated rings. The second-order valence-electron chi connectivity index (χ2n) is 2.33. The van der Waals surface area contributed by atoms with Crippen molar-refractivity contribution in [1.29, 1.82) is 0 Å². The number of rotatable bonds is 1. The van der Waals surface area contributed by atoms with Crippen LogP contribution < -0.4 is 0 Å². The first kappa shape index (κ1) is 9.91. The van der Waals surface area contributed by atoms with Crippen molar-refractivity contribution in [3.63, 3.8) is 0 Å². The third-order valence-electron chi connectivity index (χ3n) is 1.34. The first-order valence-corrected chi connectivity index (χ1v) is 3.28. The minimum atomic E-state index is -4.62. The third kappa shape index (κ3) is 2.38. The number of alkyl halides is 3. The number of pyridine rings is 1. The molecular formula is C7H5F4NO. The number of aliphatic hydroxyl groups is 1. The number of hydrogen-bond acceptors (Lipinski definition) is 2. The van der Waals surface area contributed by atoms with Gasteiger partial charge in [0.1, 0.15) is 0 Å². The monoisotopic (exact) mass is 195 g/mol. The van der Waals surface area contributed by atoms with Crippen LogP contribution in [0.4, 0.5) is 17.6 Å². The molecule has 72 valence electrons. The molecule has 0 unspecified atom stereocenters. The largest absolute Gasteiger partial charge is 0.416 e. The standard InChI is InChI=1S/C7H5F4NO/c8-6-2-4(7(9,10)11)1-5(3-13)12-6/h1-2,13H,3H2. The lowest BCUT2D eigenvalue weighted by Crippen LogP contribution is -2.07. The van der Waals surface area contributed by atoms with E-state index in [0.717, 1.165) is 0 Å². The molecule has 0 aromatic carbocycles. The molecule has 0 bridgehead atoms. The molecule has 0 aliphatic carbocycles. The Hall–Kier alpha value is -1.17. The minimum absolute atomic E-state index is 0.277. The molecule has 0 atom stereocenters. The van der Waals surface area contributed by atoms with Gasteiger partial charge in [-0.3, -0.25) is 0 Å². The smallest absolute Gasteiger partial charge is 0.390 e. The molecule has 1 N–H and O–H groups in total. The maximum atomic E-state index is 12.4. The molecule has 1 rings (SSSR count). The molecule has 0 saturated heterocycles. The first-order chi connectivity index (χ1) is 5.93. The van der Waals surface area contributed by atoms with Gasteiger partial charge in [0, 0.05) is 6.07 Å². The molecule has 2 nitrogen and oxygen atoms in total. The summed E-state index contributed by atoms with van der Waals surface area (Å²) in [6.45, 7) is -0.721. The lowest BCUT2D eigenvalue weighted by atomic mass is 10.2. The first-order valence-electron chi connectivity index (χ1n) is 3.28. The Morgan fingerprint density at radius 3 is 2.38 bits per heavy atom. The molecule has 0 spiro atoms. The zero-order valence-electron chi connectivity index (χ0n) is 6.27. The highest BCUT2D eigenvalue weighted by Crippen LogP contribution is 2.29. The average molecular weight is 195 g/mol. The van der Waals surface area contributed by atoms with Gasteiger partial charge in [-0.05, 0) is 6.07 Å². The van der Waals surface area contributed by atoms with Crippen LogP contribution in [0.25, 0.3) is 0 Å². The fourth-order valence-corrected chi connectivity index (χ4v) is 0.796. The van der Waals surface area contributed by atoms with Gasteiger partial charge in [0.15, 0.2) is 0 Å². The lowest BCUT2D eigenvalue weighted by Gasteiger charge is -2.07. The SMILES string of the molecule is OCc1cc(C(F)(F)F)cc(F)n1. The summed E-state index contributed by atoms with van der Waals surface area (Å²) in [4.78, 5) is 3.05. The number of halogens is 4. The van der Waals surface area contributed by atoms with Gasteiger partial charge >= 0.3 is 6.18 Å². The highest BCUT2D eigenvalue weighted by Gasteiger charge is 2.31. The van der Waals surface area contributed by atoms with Crippen LogP contribution in [0.1, 0.15) is 11.3 Å². The molecule has 1 heterocycles. The van der Waals surface area contributed by atoms with E-state index in [4.69, 9.17) is 5.11 Å². The van der Waals surface area contributed by atoms with E-state index in [1.54, 1.807) is 0 Å². The van der Waals surface area contributed by atoms with E-state index in [9.17, 15) is 17.6 Å². The lowest BCUT2D eigenvalue weighted by molar-refractivity contribution is -0.137. The van der Waals surface area contributed by atoms with Gasteiger partial charge in [-0.15, -0.1) is 0 Å². The maximum Gasteiger partial charge on any atom is 0.416 e. The summed E-state index contributed by atoms with van der Waals surface area (Å²) in [7, 11) is 0. The Labute approximate surface area is 70.8 Å². The summed E-state index contributed by atoms with van der Waals surface area (Å²) in [5, 5.41) is 8.46. The van der Waals surface area contributed by atoms with Crippen LogP contribution in [0.5, 0.6) is 0 Å². The van der Waals surface area contributed by atoms with E-state index < -0.39 is 24.3 Å². The van der Waals surface area contributed by atoms with Gasteiger partial charge < -0.3 is 5.11 Å². The van der Waals surface area contributed by atoms with Crippen molar-refractivity contribution < 1.29 is 22.7 Å². The number of nitrogens with zero attached hydrogens (tertiary/aromatic N) is 1. The molecule has 0 saturated carbocycles. The fourth-order valence-electron chi connectivity index (χ4n) is 0.796. The van der Waals surface area contributed by atoms with Crippen LogP contribution >= 0.6 is 0 Å². The Morgan fingerprint density at radius 1 is 1.31 bits per heavy atom. The molecule has 0 aliphatic rings. The minimum Gasteiger partial charge on any atom is -0.390 e. The molecule has 1 aromatic rings. The zero-order chi connectivity index (χ0) is 10.1. The Bertz CT molecular complexity index is 310. The van der Waals surface area contributed by atoms with Crippen LogP contribution in [-0.4, -0.2) is 10.1 Å². The van der Waals surface area contributed by atoms with Crippen molar-refractivity contribution in [3.8, 4) is 0 Å². The second-order valence-corrected chi connectivity index (χ2v) is 2.33. The molecule has 6 heteroatoms. The molecule has 0 radical (unpaired) electrons. The van der Waals surface area contributed by atoms with Crippen LogP contribution in [0.15, 0.2) is 12.1 Å². The molecule has 0 amide bonds. The van der Waals surface area contributed by atoms with Gasteiger partial charge in [0.2, 0.25) is 5.95 Å². The summed E-state index contributed by atoms with van der Waals surface area (Å²) in [6.07, 6.45) is -4.62. The summed E-state index contributed by atoms with van der Waals surface area (Å²) < 4.78 is 48.4. The van der Waals surface area contributed by atoms with Crippen molar-refractivity contribution >= 4 is 0 Å². The van der Waals surface area contributed by atoms with Gasteiger partial charge in [-0.1, -0.05) is 0 Å². The summed E-state index contributed by atoms with van der Waals surface area (Å²) in [5.74, 6) is -1.25. The highest BCUT2D eigenvalue weighted by atomic mass is 19.4. The zero-order valence-corrected chi connectivity index (χ0v) is 6.27. The van der Waals surface area contributed by atoms with E-state index in [2.05, 4.69) is 4.98 Å². The predicted octanol–water partition coefficient (Wildman–Crippen LogP) is 1.73. The van der Waals surface area contributed by atoms with Crippen LogP contribution in [0, 0.1) is 5.95 Å². The van der Waals surface area contributed by atoms with Gasteiger partial charge in [0.25, 0.3) is 0 Å². The van der Waals surface area contributed by atoms with Gasteiger partial charge in [-0.2, -0.15) is 17.6 Å². The predicted molar refractivity (Wildman–Crippen MR) is 35.1 cm³/mol. The molecule has 1 aromatic heterocycles. The topological polar surface area (TPSA) is 33.1 Å². The van der Waals surface area contributed by atoms with Crippen molar-refractivity contribution in [2.24, 2.45) is 0 Å². The fraction of sp³-hybridized carbons (Fsp3) is 0.286. The maximum absolute atomic E-state index is 12.4. The van der Waals surface area contributed by atoms with Gasteiger partial charge in [0.05, 0.1) is 17.9 Å². The molecule has 13 heavy (non-hydrogen) atoms. The van der Waals surface area contributed by atoms with Gasteiger partial charge in [-0.25, -0.2) is 4.98 Å². The van der Waals surface area contributed by atoms with E-state index in [0.29, 0.717) is 6.07 Å². The van der Waals surface area contributed by atoms with E-state index in [-0.39, 0.29) is 11.8 Å². The summed E-state index contributed by atoms with van der Waals surface area (Å²) in [5.41, 5.74) is -1.49. The summed E-state index contributed by atoms with van der Waals surface area (Å²) >= 11 is 0. The summed E-state index contributed by atoms with van der Waals surface area (Å²) in [6, 6.07) is 0.877. The van der Waals surface area contributed by atoms with Crippen molar-refractivity contribution in [2.45, 2.75) is 12.8 Å². The van der Waals surface area contributed by atoms with E-state index in [1.165, 1.54) is 0 Å². The van der Waals surface area contributed by atoms with Crippen LogP contribution in [0.2, 0.25) is 0 Å². The average Bonchev–Trinajstić information content (AvgIpc) is 2.01. The number of aliphatic hydroxyl groups excluding tert-OH is 1. The van der Waals surface area contributed by atoms with Crippen LogP contribution in [0.3, 0.4) is 0 Å². The third-order valence-corrected chi connectivity index (χ3v) is 1.34. The second kappa shape index (κ2) is 3.29. The van der Waals surface area contributed by atoms with Crippen molar-refractivity contribution in [1.82, 2.24) is 4.98 Å². The molecular weight excluding hydrogens is 190 g/mol. The highest BCUT2D eigenvalue weighted by molar-refractivity contribution is 5.19. The number of aromatic nitrogens is 1. The normalized spacial score (nSPS) is 11.8.